The average molecular weight is 364 g/mol. The smallest absolute Gasteiger partial charge is 0.237 e. The number of nitrogens with zero attached hydrogens (tertiary/aromatic N) is 1. The van der Waals surface area contributed by atoms with Crippen molar-refractivity contribution < 1.29 is 13.6 Å². The number of aliphatic imine (C=N–C) groups is 1. The molecule has 0 fully saturated rings. The van der Waals surface area contributed by atoms with Crippen LogP contribution >= 0.6 is 23.5 Å². The van der Waals surface area contributed by atoms with E-state index < -0.39 is 28.5 Å². The summed E-state index contributed by atoms with van der Waals surface area (Å²) in [5, 5.41) is 1.79. The highest BCUT2D eigenvalue weighted by Crippen LogP contribution is 2.36. The van der Waals surface area contributed by atoms with Crippen LogP contribution in [0.4, 0.5) is 20.2 Å². The van der Waals surface area contributed by atoms with Gasteiger partial charge in [0.1, 0.15) is 21.7 Å². The standard InChI is InChI=1S/C17H14F2N2OS2/c1-10(16(22)21-15-12(18)6-4-7-13(15)19)24-17-20-14-8-3-2-5-11(14)9-23-17/h2-8,10H,9H2,1H3,(H,21,22). The molecule has 2 aromatic rings. The topological polar surface area (TPSA) is 41.5 Å². The molecule has 1 aliphatic rings. The summed E-state index contributed by atoms with van der Waals surface area (Å²) in [6.07, 6.45) is 0. The number of anilines is 1. The van der Waals surface area contributed by atoms with Crippen molar-refractivity contribution in [1.82, 2.24) is 0 Å². The zero-order valence-corrected chi connectivity index (χ0v) is 14.4. The van der Waals surface area contributed by atoms with Crippen LogP contribution in [0.2, 0.25) is 0 Å². The van der Waals surface area contributed by atoms with Crippen molar-refractivity contribution in [3.8, 4) is 0 Å². The third kappa shape index (κ3) is 3.79. The van der Waals surface area contributed by atoms with E-state index in [0.29, 0.717) is 0 Å². The molecule has 3 rings (SSSR count). The van der Waals surface area contributed by atoms with Crippen LogP contribution in [-0.2, 0) is 10.5 Å². The Morgan fingerprint density at radius 2 is 1.92 bits per heavy atom. The van der Waals surface area contributed by atoms with Gasteiger partial charge in [-0.25, -0.2) is 13.8 Å². The Balaban J connectivity index is 1.68. The van der Waals surface area contributed by atoms with Crippen LogP contribution in [0.5, 0.6) is 0 Å². The van der Waals surface area contributed by atoms with Crippen LogP contribution in [0, 0.1) is 11.6 Å². The summed E-state index contributed by atoms with van der Waals surface area (Å²) in [6.45, 7) is 1.68. The lowest BCUT2D eigenvalue weighted by molar-refractivity contribution is -0.115. The summed E-state index contributed by atoms with van der Waals surface area (Å²) in [7, 11) is 0. The highest BCUT2D eigenvalue weighted by Gasteiger charge is 2.22. The number of rotatable bonds is 3. The third-order valence-electron chi connectivity index (χ3n) is 3.41. The summed E-state index contributed by atoms with van der Waals surface area (Å²) in [5.74, 6) is -1.26. The summed E-state index contributed by atoms with van der Waals surface area (Å²) in [6, 6.07) is 11.3. The Bertz CT molecular complexity index is 791. The number of carbonyl (C=O) groups is 1. The molecule has 0 radical (unpaired) electrons. The van der Waals surface area contributed by atoms with E-state index in [1.165, 1.54) is 17.8 Å². The molecule has 0 saturated heterocycles. The van der Waals surface area contributed by atoms with Crippen LogP contribution in [0.25, 0.3) is 0 Å². The normalized spacial score (nSPS) is 14.5. The maximum atomic E-state index is 13.6. The second kappa shape index (κ2) is 7.36. The van der Waals surface area contributed by atoms with E-state index in [1.807, 2.05) is 24.3 Å². The fraction of sp³-hybridized carbons (Fsp3) is 0.176. The molecule has 0 aliphatic carbocycles. The molecule has 0 saturated carbocycles. The first-order chi connectivity index (χ1) is 11.5. The van der Waals surface area contributed by atoms with E-state index in [2.05, 4.69) is 10.3 Å². The molecule has 24 heavy (non-hydrogen) atoms. The number of hydrogen-bond acceptors (Lipinski definition) is 4. The quantitative estimate of drug-likeness (QED) is 0.837. The fourth-order valence-corrected chi connectivity index (χ4v) is 4.31. The first-order valence-corrected chi connectivity index (χ1v) is 9.12. The zero-order chi connectivity index (χ0) is 17.1. The van der Waals surface area contributed by atoms with Gasteiger partial charge in [-0.3, -0.25) is 4.79 Å². The van der Waals surface area contributed by atoms with Gasteiger partial charge < -0.3 is 5.32 Å². The second-order valence-electron chi connectivity index (χ2n) is 5.14. The highest BCUT2D eigenvalue weighted by molar-refractivity contribution is 8.39. The van der Waals surface area contributed by atoms with E-state index in [1.54, 1.807) is 18.7 Å². The van der Waals surface area contributed by atoms with Crippen molar-refractivity contribution in [1.29, 1.82) is 0 Å². The third-order valence-corrected chi connectivity index (χ3v) is 5.71. The van der Waals surface area contributed by atoms with Crippen LogP contribution in [0.15, 0.2) is 47.5 Å². The van der Waals surface area contributed by atoms with Crippen LogP contribution in [0.3, 0.4) is 0 Å². The average Bonchev–Trinajstić information content (AvgIpc) is 2.58. The number of benzene rings is 2. The minimum Gasteiger partial charge on any atom is -0.320 e. The molecule has 0 aromatic heterocycles. The van der Waals surface area contributed by atoms with Gasteiger partial charge in [0.2, 0.25) is 5.91 Å². The van der Waals surface area contributed by atoms with Crippen molar-refractivity contribution >= 4 is 45.2 Å². The van der Waals surface area contributed by atoms with Gasteiger partial charge in [-0.1, -0.05) is 47.8 Å². The molecule has 1 heterocycles. The second-order valence-corrected chi connectivity index (χ2v) is 7.69. The number of amides is 1. The monoisotopic (exact) mass is 364 g/mol. The number of halogens is 2. The van der Waals surface area contributed by atoms with E-state index in [4.69, 9.17) is 0 Å². The number of fused-ring (bicyclic) bond motifs is 1. The molecule has 0 bridgehead atoms. The van der Waals surface area contributed by atoms with Gasteiger partial charge in [-0.05, 0) is 30.7 Å². The minimum absolute atomic E-state index is 0.418. The van der Waals surface area contributed by atoms with Gasteiger partial charge >= 0.3 is 0 Å². The molecule has 7 heteroatoms. The van der Waals surface area contributed by atoms with Gasteiger partial charge in [0.25, 0.3) is 0 Å². The molecule has 3 nitrogen and oxygen atoms in total. The molecule has 1 N–H and O–H groups in total. The first-order valence-electron chi connectivity index (χ1n) is 7.25. The summed E-state index contributed by atoms with van der Waals surface area (Å²) >= 11 is 2.83. The molecule has 1 atom stereocenters. The first kappa shape index (κ1) is 17.0. The van der Waals surface area contributed by atoms with Gasteiger partial charge in [-0.15, -0.1) is 0 Å². The molecule has 124 valence electrons. The Morgan fingerprint density at radius 3 is 2.67 bits per heavy atom. The Hall–Kier alpha value is -1.86. The Labute approximate surface area is 146 Å². The minimum atomic E-state index is -0.793. The van der Waals surface area contributed by atoms with Gasteiger partial charge in [0.15, 0.2) is 0 Å². The number of thioether (sulfide) groups is 2. The molecule has 1 unspecified atom stereocenters. The Morgan fingerprint density at radius 1 is 1.21 bits per heavy atom. The van der Waals surface area contributed by atoms with Gasteiger partial charge in [0.05, 0.1) is 10.9 Å². The largest absolute Gasteiger partial charge is 0.320 e. The molecule has 1 aliphatic heterocycles. The van der Waals surface area contributed by atoms with Crippen LogP contribution in [0.1, 0.15) is 12.5 Å². The number of carbonyl (C=O) groups excluding carboxylic acids is 1. The molecular formula is C17H14F2N2OS2. The predicted molar refractivity (Wildman–Crippen MR) is 96.9 cm³/mol. The van der Waals surface area contributed by atoms with Crippen molar-refractivity contribution in [2.24, 2.45) is 4.99 Å². The van der Waals surface area contributed by atoms with Crippen molar-refractivity contribution in [3.63, 3.8) is 0 Å². The van der Waals surface area contributed by atoms with E-state index >= 15 is 0 Å². The van der Waals surface area contributed by atoms with Crippen molar-refractivity contribution in [2.75, 3.05) is 5.32 Å². The zero-order valence-electron chi connectivity index (χ0n) is 12.8. The number of para-hydroxylation sites is 2. The maximum absolute atomic E-state index is 13.6. The van der Waals surface area contributed by atoms with E-state index in [0.717, 1.165) is 33.5 Å². The summed E-state index contributed by atoms with van der Waals surface area (Å²) in [4.78, 5) is 16.7. The SMILES string of the molecule is CC(SC1=Nc2ccccc2CS1)C(=O)Nc1c(F)cccc1F. The van der Waals surface area contributed by atoms with Gasteiger partial charge in [-0.2, -0.15) is 0 Å². The summed E-state index contributed by atoms with van der Waals surface area (Å²) < 4.78 is 28.0. The van der Waals surface area contributed by atoms with Crippen molar-refractivity contribution in [2.45, 2.75) is 17.9 Å². The lowest BCUT2D eigenvalue weighted by Crippen LogP contribution is -2.24. The summed E-state index contributed by atoms with van der Waals surface area (Å²) in [5.41, 5.74) is 1.63. The van der Waals surface area contributed by atoms with Crippen LogP contribution < -0.4 is 5.32 Å². The lowest BCUT2D eigenvalue weighted by Gasteiger charge is -2.17. The van der Waals surface area contributed by atoms with Crippen molar-refractivity contribution in [3.05, 3.63) is 59.7 Å². The molecular weight excluding hydrogens is 350 g/mol. The Kier molecular flexibility index (Phi) is 5.20. The molecule has 2 aromatic carbocycles. The fourth-order valence-electron chi connectivity index (χ4n) is 2.12. The lowest BCUT2D eigenvalue weighted by atomic mass is 10.2. The van der Waals surface area contributed by atoms with Gasteiger partial charge in [0, 0.05) is 5.75 Å². The predicted octanol–water partition coefficient (Wildman–Crippen LogP) is 4.96. The highest BCUT2D eigenvalue weighted by atomic mass is 32.2. The maximum Gasteiger partial charge on any atom is 0.237 e. The number of hydrogen-bond donors (Lipinski definition) is 1. The molecule has 0 spiro atoms. The van der Waals surface area contributed by atoms with Crippen LogP contribution in [-0.4, -0.2) is 15.5 Å². The molecule has 1 amide bonds. The van der Waals surface area contributed by atoms with E-state index in [9.17, 15) is 13.6 Å². The number of nitrogens with one attached hydrogen (secondary N) is 1. The van der Waals surface area contributed by atoms with E-state index in [-0.39, 0.29) is 0 Å².